The van der Waals surface area contributed by atoms with Crippen molar-refractivity contribution in [2.75, 3.05) is 5.32 Å². The number of anilines is 1. The van der Waals surface area contributed by atoms with Crippen molar-refractivity contribution < 1.29 is 31.5 Å². The normalized spacial score (nSPS) is 27.4. The summed E-state index contributed by atoms with van der Waals surface area (Å²) in [6.45, 7) is 2.00. The van der Waals surface area contributed by atoms with Gasteiger partial charge in [-0.1, -0.05) is 18.5 Å². The average Bonchev–Trinajstić information content (AvgIpc) is 2.87. The number of amides is 1. The quantitative estimate of drug-likeness (QED) is 0.618. The second-order valence-corrected chi connectivity index (χ2v) is 11.2. The van der Waals surface area contributed by atoms with Gasteiger partial charge in [0, 0.05) is 23.4 Å². The van der Waals surface area contributed by atoms with Gasteiger partial charge >= 0.3 is 0 Å². The van der Waals surface area contributed by atoms with Crippen LogP contribution in [0.25, 0.3) is 0 Å². The van der Waals surface area contributed by atoms with Gasteiger partial charge in [-0.2, -0.15) is 0 Å². The molecule has 2 aliphatic carbocycles. The number of hydrogen-bond acceptors (Lipinski definition) is 4. The Morgan fingerprint density at radius 1 is 1.09 bits per heavy atom. The number of hydrogen-bond donors (Lipinski definition) is 2. The lowest BCUT2D eigenvalue weighted by Gasteiger charge is -2.32. The molecule has 2 aromatic carbocycles. The first-order chi connectivity index (χ1) is 15.0. The Kier molecular flexibility index (Phi) is 6.02. The van der Waals surface area contributed by atoms with Gasteiger partial charge in [-0.3, -0.25) is 4.79 Å². The van der Waals surface area contributed by atoms with Crippen molar-refractivity contribution >= 4 is 33.0 Å². The summed E-state index contributed by atoms with van der Waals surface area (Å²) in [4.78, 5) is 12.4. The SMILES string of the molecule is C[C@H]1CC2C[C@H](S(=O)(=O)c3cc(C(=O)Nc4cc(F)c(F)c(F)c4)ccc3Cl)C[C@H]1[C@@H]2O. The number of rotatable bonds is 4. The van der Waals surface area contributed by atoms with Crippen LogP contribution in [0, 0.1) is 35.2 Å². The van der Waals surface area contributed by atoms with E-state index in [2.05, 4.69) is 5.32 Å². The zero-order valence-electron chi connectivity index (χ0n) is 17.0. The zero-order valence-corrected chi connectivity index (χ0v) is 18.6. The summed E-state index contributed by atoms with van der Waals surface area (Å²) >= 11 is 6.17. The Balaban J connectivity index is 1.61. The van der Waals surface area contributed by atoms with Crippen molar-refractivity contribution in [1.29, 1.82) is 0 Å². The molecule has 5 nitrogen and oxygen atoms in total. The molecule has 2 saturated carbocycles. The van der Waals surface area contributed by atoms with Gasteiger partial charge < -0.3 is 10.4 Å². The third kappa shape index (κ3) is 4.02. The lowest BCUT2D eigenvalue weighted by atomic mass is 9.84. The third-order valence-electron chi connectivity index (χ3n) is 6.61. The van der Waals surface area contributed by atoms with Gasteiger partial charge in [0.15, 0.2) is 27.3 Å². The average molecular weight is 488 g/mol. The first kappa shape index (κ1) is 23.1. The summed E-state index contributed by atoms with van der Waals surface area (Å²) < 4.78 is 66.7. The van der Waals surface area contributed by atoms with Crippen molar-refractivity contribution in [3.05, 3.63) is 58.4 Å². The molecule has 0 saturated heterocycles. The molecule has 0 radical (unpaired) electrons. The number of nitrogens with one attached hydrogen (secondary N) is 1. The van der Waals surface area contributed by atoms with Gasteiger partial charge in [0.25, 0.3) is 5.91 Å². The van der Waals surface area contributed by atoms with Gasteiger partial charge in [0.05, 0.1) is 21.3 Å². The molecule has 2 aliphatic rings. The Morgan fingerprint density at radius 2 is 1.75 bits per heavy atom. The number of aliphatic hydroxyl groups excluding tert-OH is 1. The van der Waals surface area contributed by atoms with Gasteiger partial charge in [0.2, 0.25) is 0 Å². The molecule has 0 aromatic heterocycles. The van der Waals surface area contributed by atoms with E-state index in [1.165, 1.54) is 12.1 Å². The molecule has 1 amide bonds. The molecule has 172 valence electrons. The van der Waals surface area contributed by atoms with Crippen LogP contribution in [0.15, 0.2) is 35.2 Å². The number of carbonyl (C=O) groups excluding carboxylic acids is 1. The lowest BCUT2D eigenvalue weighted by molar-refractivity contribution is 0.0552. The fourth-order valence-electron chi connectivity index (χ4n) is 4.95. The van der Waals surface area contributed by atoms with E-state index in [0.717, 1.165) is 12.5 Å². The van der Waals surface area contributed by atoms with Gasteiger partial charge in [-0.15, -0.1) is 0 Å². The second-order valence-electron chi connectivity index (χ2n) is 8.62. The second kappa shape index (κ2) is 8.35. The van der Waals surface area contributed by atoms with Crippen molar-refractivity contribution in [1.82, 2.24) is 0 Å². The van der Waals surface area contributed by atoms with Crippen LogP contribution < -0.4 is 5.32 Å². The van der Waals surface area contributed by atoms with Crippen LogP contribution in [0.4, 0.5) is 18.9 Å². The first-order valence-corrected chi connectivity index (χ1v) is 12.1. The molecule has 0 spiro atoms. The largest absolute Gasteiger partial charge is 0.393 e. The van der Waals surface area contributed by atoms with Crippen LogP contribution in [0.5, 0.6) is 0 Å². The molecule has 0 aliphatic heterocycles. The van der Waals surface area contributed by atoms with E-state index < -0.39 is 44.5 Å². The highest BCUT2D eigenvalue weighted by atomic mass is 35.5. The Morgan fingerprint density at radius 3 is 2.38 bits per heavy atom. The monoisotopic (exact) mass is 487 g/mol. The molecular weight excluding hydrogens is 467 g/mol. The Bertz CT molecular complexity index is 1170. The minimum atomic E-state index is -3.91. The molecule has 32 heavy (non-hydrogen) atoms. The molecule has 0 heterocycles. The van der Waals surface area contributed by atoms with Crippen LogP contribution in [0.1, 0.15) is 36.5 Å². The van der Waals surface area contributed by atoms with Gasteiger partial charge in [-0.05, 0) is 55.2 Å². The van der Waals surface area contributed by atoms with Crippen molar-refractivity contribution in [3.8, 4) is 0 Å². The van der Waals surface area contributed by atoms with Crippen LogP contribution in [0.2, 0.25) is 5.02 Å². The molecule has 5 atom stereocenters. The molecule has 2 aromatic rings. The summed E-state index contributed by atoms with van der Waals surface area (Å²) in [7, 11) is -3.91. The van der Waals surface area contributed by atoms with Crippen molar-refractivity contribution in [3.63, 3.8) is 0 Å². The molecule has 2 bridgehead atoms. The highest BCUT2D eigenvalue weighted by Crippen LogP contribution is 2.48. The van der Waals surface area contributed by atoms with Crippen LogP contribution in [-0.2, 0) is 9.84 Å². The van der Waals surface area contributed by atoms with E-state index >= 15 is 0 Å². The molecule has 2 N–H and O–H groups in total. The van der Waals surface area contributed by atoms with Gasteiger partial charge in [0.1, 0.15) is 0 Å². The maximum absolute atomic E-state index is 13.4. The maximum atomic E-state index is 13.4. The summed E-state index contributed by atoms with van der Waals surface area (Å²) in [5.74, 6) is -5.43. The fraction of sp³-hybridized carbons (Fsp3) is 0.409. The molecule has 10 heteroatoms. The van der Waals surface area contributed by atoms with E-state index in [4.69, 9.17) is 11.6 Å². The molecule has 2 fully saturated rings. The summed E-state index contributed by atoms with van der Waals surface area (Å²) in [6, 6.07) is 4.91. The Labute approximate surface area is 188 Å². The minimum absolute atomic E-state index is 0.0491. The smallest absolute Gasteiger partial charge is 0.255 e. The maximum Gasteiger partial charge on any atom is 0.255 e. The lowest BCUT2D eigenvalue weighted by Crippen LogP contribution is -2.38. The molecule has 4 rings (SSSR count). The van der Waals surface area contributed by atoms with Crippen LogP contribution >= 0.6 is 11.6 Å². The van der Waals surface area contributed by atoms with Crippen molar-refractivity contribution in [2.45, 2.75) is 42.4 Å². The summed E-state index contributed by atoms with van der Waals surface area (Å²) in [5, 5.41) is 11.8. The minimum Gasteiger partial charge on any atom is -0.393 e. The number of carbonyl (C=O) groups is 1. The summed E-state index contributed by atoms with van der Waals surface area (Å²) in [5.41, 5.74) is -0.414. The highest BCUT2D eigenvalue weighted by molar-refractivity contribution is 7.92. The third-order valence-corrected chi connectivity index (χ3v) is 9.26. The first-order valence-electron chi connectivity index (χ1n) is 10.2. The topological polar surface area (TPSA) is 83.5 Å². The van der Waals surface area contributed by atoms with E-state index in [-0.39, 0.29) is 38.9 Å². The number of benzene rings is 2. The van der Waals surface area contributed by atoms with E-state index in [9.17, 15) is 31.5 Å². The van der Waals surface area contributed by atoms with E-state index in [1.807, 2.05) is 6.92 Å². The number of fused-ring (bicyclic) bond motifs is 2. The standard InChI is InChI=1S/C22H21ClF3NO4S/c1-10-4-12-5-14(9-15(10)21(12)28)32(30,31)19-6-11(2-3-16(19)23)22(29)27-13-7-17(24)20(26)18(25)8-13/h2-3,6-8,10,12,14-15,21,28H,4-5,9H2,1H3,(H,27,29)/t10-,12?,14-,15+,21+/m0/s1. The fourth-order valence-corrected chi connectivity index (χ4v) is 7.36. The van der Waals surface area contributed by atoms with E-state index in [1.54, 1.807) is 0 Å². The van der Waals surface area contributed by atoms with Gasteiger partial charge in [-0.25, -0.2) is 21.6 Å². The summed E-state index contributed by atoms with van der Waals surface area (Å²) in [6.07, 6.45) is 0.868. The number of halogens is 4. The highest BCUT2D eigenvalue weighted by Gasteiger charge is 2.49. The molecule has 1 unspecified atom stereocenters. The predicted octanol–water partition coefficient (Wildman–Crippen LogP) is 4.58. The predicted molar refractivity (Wildman–Crippen MR) is 113 cm³/mol. The zero-order chi connectivity index (χ0) is 23.4. The molecular formula is C22H21ClF3NO4S. The number of aliphatic hydroxyl groups is 1. The Hall–Kier alpha value is -2.10. The number of sulfone groups is 1. The van der Waals surface area contributed by atoms with Crippen LogP contribution in [-0.4, -0.2) is 30.8 Å². The van der Waals surface area contributed by atoms with Crippen LogP contribution in [0.3, 0.4) is 0 Å². The van der Waals surface area contributed by atoms with E-state index in [0.29, 0.717) is 25.0 Å². The van der Waals surface area contributed by atoms with Crippen molar-refractivity contribution in [2.24, 2.45) is 17.8 Å².